The highest BCUT2D eigenvalue weighted by Gasteiger charge is 2.48. The number of rotatable bonds is 2. The number of benzene rings is 1. The minimum absolute atomic E-state index is 0.180. The lowest BCUT2D eigenvalue weighted by molar-refractivity contribution is -0.137. The molecule has 26 heavy (non-hydrogen) atoms. The van der Waals surface area contributed by atoms with E-state index in [1.807, 2.05) is 0 Å². The third-order valence-corrected chi connectivity index (χ3v) is 6.60. The molecule has 2 saturated heterocycles. The molecule has 0 saturated carbocycles. The van der Waals surface area contributed by atoms with Crippen LogP contribution in [-0.2, 0) is 16.2 Å². The van der Waals surface area contributed by atoms with Crippen molar-refractivity contribution in [3.63, 3.8) is 0 Å². The molecular formula is C17H21F3N2O3S. The molecule has 2 aliphatic heterocycles. The van der Waals surface area contributed by atoms with Crippen LogP contribution in [0.15, 0.2) is 24.3 Å². The van der Waals surface area contributed by atoms with E-state index in [9.17, 15) is 26.4 Å². The summed E-state index contributed by atoms with van der Waals surface area (Å²) in [6.07, 6.45) is -0.477. The molecule has 0 N–H and O–H groups in total. The van der Waals surface area contributed by atoms with Crippen molar-refractivity contribution in [2.24, 2.45) is 0 Å². The Morgan fingerprint density at radius 1 is 1.08 bits per heavy atom. The number of likely N-dealkylation sites (tertiary alicyclic amines) is 1. The Kier molecular flexibility index (Phi) is 4.81. The van der Waals surface area contributed by atoms with Gasteiger partial charge in [0.1, 0.15) is 0 Å². The molecule has 1 spiro atoms. The van der Waals surface area contributed by atoms with Crippen molar-refractivity contribution in [3.8, 4) is 0 Å². The molecule has 1 aromatic rings. The summed E-state index contributed by atoms with van der Waals surface area (Å²) in [5, 5.41) is 0. The Hall–Kier alpha value is -1.61. The highest BCUT2D eigenvalue weighted by molar-refractivity contribution is 7.88. The normalized spacial score (nSPS) is 25.0. The SMILES string of the molecule is CS(=O)(=O)N1CCC[C@]12CCCN(C(=O)c1ccc(C(F)(F)F)cc1)C2. The van der Waals surface area contributed by atoms with Crippen LogP contribution in [0.1, 0.15) is 41.6 Å². The first-order valence-electron chi connectivity index (χ1n) is 8.47. The fourth-order valence-corrected chi connectivity index (χ4v) is 5.51. The summed E-state index contributed by atoms with van der Waals surface area (Å²) in [6.45, 7) is 1.19. The fraction of sp³-hybridized carbons (Fsp3) is 0.588. The minimum Gasteiger partial charge on any atom is -0.337 e. The molecule has 1 amide bonds. The predicted octanol–water partition coefficient (Wildman–Crippen LogP) is 2.74. The van der Waals surface area contributed by atoms with Gasteiger partial charge in [0.2, 0.25) is 10.0 Å². The maximum Gasteiger partial charge on any atom is 0.416 e. The van der Waals surface area contributed by atoms with Crippen molar-refractivity contribution in [2.75, 3.05) is 25.9 Å². The lowest BCUT2D eigenvalue weighted by Gasteiger charge is -2.44. The number of piperidine rings is 1. The van der Waals surface area contributed by atoms with Gasteiger partial charge in [-0.1, -0.05) is 0 Å². The maximum absolute atomic E-state index is 12.7. The number of sulfonamides is 1. The zero-order valence-electron chi connectivity index (χ0n) is 14.4. The van der Waals surface area contributed by atoms with Crippen molar-refractivity contribution in [2.45, 2.75) is 37.4 Å². The molecule has 0 bridgehead atoms. The first-order chi connectivity index (χ1) is 12.0. The number of alkyl halides is 3. The van der Waals surface area contributed by atoms with E-state index in [2.05, 4.69) is 0 Å². The summed E-state index contributed by atoms with van der Waals surface area (Å²) in [7, 11) is -3.38. The number of carbonyl (C=O) groups is 1. The smallest absolute Gasteiger partial charge is 0.337 e. The molecule has 1 atom stereocenters. The van der Waals surface area contributed by atoms with Gasteiger partial charge in [0.15, 0.2) is 0 Å². The van der Waals surface area contributed by atoms with Crippen LogP contribution in [0.2, 0.25) is 0 Å². The zero-order valence-corrected chi connectivity index (χ0v) is 15.2. The summed E-state index contributed by atoms with van der Waals surface area (Å²) in [6, 6.07) is 4.14. The quantitative estimate of drug-likeness (QED) is 0.780. The zero-order chi connectivity index (χ0) is 19.2. The topological polar surface area (TPSA) is 57.7 Å². The number of halogens is 3. The molecule has 0 radical (unpaired) electrons. The molecule has 2 heterocycles. The van der Waals surface area contributed by atoms with Gasteiger partial charge in [-0.05, 0) is 49.9 Å². The van der Waals surface area contributed by atoms with Crippen LogP contribution in [0.4, 0.5) is 13.2 Å². The summed E-state index contributed by atoms with van der Waals surface area (Å²) in [5.74, 6) is -0.363. The van der Waals surface area contributed by atoms with Crippen LogP contribution in [0.3, 0.4) is 0 Å². The lowest BCUT2D eigenvalue weighted by atomic mass is 9.87. The van der Waals surface area contributed by atoms with Crippen molar-refractivity contribution in [3.05, 3.63) is 35.4 Å². The average molecular weight is 390 g/mol. The second kappa shape index (κ2) is 6.53. The number of hydrogen-bond acceptors (Lipinski definition) is 3. The number of amides is 1. The molecular weight excluding hydrogens is 369 g/mol. The summed E-state index contributed by atoms with van der Waals surface area (Å²) < 4.78 is 63.7. The Labute approximate surface area is 150 Å². The Balaban J connectivity index is 1.80. The summed E-state index contributed by atoms with van der Waals surface area (Å²) in [5.41, 5.74) is -1.21. The molecule has 9 heteroatoms. The summed E-state index contributed by atoms with van der Waals surface area (Å²) >= 11 is 0. The van der Waals surface area contributed by atoms with Crippen LogP contribution in [-0.4, -0.2) is 55.0 Å². The fourth-order valence-electron chi connectivity index (χ4n) is 4.11. The number of hydrogen-bond donors (Lipinski definition) is 0. The number of nitrogens with zero attached hydrogens (tertiary/aromatic N) is 2. The van der Waals surface area contributed by atoms with Gasteiger partial charge in [-0.2, -0.15) is 17.5 Å². The van der Waals surface area contributed by atoms with Gasteiger partial charge in [0.25, 0.3) is 5.91 Å². The van der Waals surface area contributed by atoms with Gasteiger partial charge in [-0.25, -0.2) is 8.42 Å². The maximum atomic E-state index is 12.7. The molecule has 5 nitrogen and oxygen atoms in total. The molecule has 2 aliphatic rings. The monoisotopic (exact) mass is 390 g/mol. The van der Waals surface area contributed by atoms with E-state index in [4.69, 9.17) is 0 Å². The Morgan fingerprint density at radius 2 is 1.65 bits per heavy atom. The second-order valence-corrected chi connectivity index (χ2v) is 8.98. The van der Waals surface area contributed by atoms with Crippen LogP contribution < -0.4 is 0 Å². The van der Waals surface area contributed by atoms with Crippen LogP contribution in [0, 0.1) is 0 Å². The second-order valence-electron chi connectivity index (χ2n) is 7.07. The molecule has 3 rings (SSSR count). The molecule has 1 aromatic carbocycles. The Morgan fingerprint density at radius 3 is 2.19 bits per heavy atom. The van der Waals surface area contributed by atoms with E-state index in [1.165, 1.54) is 22.7 Å². The largest absolute Gasteiger partial charge is 0.416 e. The van der Waals surface area contributed by atoms with Crippen LogP contribution in [0.25, 0.3) is 0 Å². The molecule has 0 aromatic heterocycles. The van der Waals surface area contributed by atoms with E-state index in [1.54, 1.807) is 4.90 Å². The Bertz CT molecular complexity index is 792. The van der Waals surface area contributed by atoms with Crippen molar-refractivity contribution in [1.29, 1.82) is 0 Å². The van der Waals surface area contributed by atoms with Gasteiger partial charge in [-0.3, -0.25) is 4.79 Å². The van der Waals surface area contributed by atoms with Gasteiger partial charge in [-0.15, -0.1) is 0 Å². The van der Waals surface area contributed by atoms with E-state index < -0.39 is 27.3 Å². The van der Waals surface area contributed by atoms with E-state index in [0.29, 0.717) is 32.4 Å². The van der Waals surface area contributed by atoms with Gasteiger partial charge in [0, 0.05) is 25.2 Å². The molecule has 2 fully saturated rings. The third kappa shape index (κ3) is 3.59. The van der Waals surface area contributed by atoms with Crippen molar-refractivity contribution >= 4 is 15.9 Å². The van der Waals surface area contributed by atoms with Crippen LogP contribution >= 0.6 is 0 Å². The highest BCUT2D eigenvalue weighted by atomic mass is 32.2. The first-order valence-corrected chi connectivity index (χ1v) is 10.3. The highest BCUT2D eigenvalue weighted by Crippen LogP contribution is 2.39. The van der Waals surface area contributed by atoms with Gasteiger partial charge >= 0.3 is 6.18 Å². The van der Waals surface area contributed by atoms with Crippen LogP contribution in [0.5, 0.6) is 0 Å². The minimum atomic E-state index is -4.45. The van der Waals surface area contributed by atoms with Gasteiger partial charge in [0.05, 0.1) is 17.4 Å². The molecule has 0 unspecified atom stereocenters. The predicted molar refractivity (Wildman–Crippen MR) is 90.1 cm³/mol. The van der Waals surface area contributed by atoms with E-state index >= 15 is 0 Å². The van der Waals surface area contributed by atoms with E-state index in [-0.39, 0.29) is 18.0 Å². The van der Waals surface area contributed by atoms with Crippen molar-refractivity contribution in [1.82, 2.24) is 9.21 Å². The lowest BCUT2D eigenvalue weighted by Crippen LogP contribution is -2.58. The summed E-state index contributed by atoms with van der Waals surface area (Å²) in [4.78, 5) is 14.3. The third-order valence-electron chi connectivity index (χ3n) is 5.23. The number of carbonyl (C=O) groups excluding carboxylic acids is 1. The average Bonchev–Trinajstić information content (AvgIpc) is 2.96. The molecule has 144 valence electrons. The van der Waals surface area contributed by atoms with Crippen molar-refractivity contribution < 1.29 is 26.4 Å². The van der Waals surface area contributed by atoms with E-state index in [0.717, 1.165) is 18.6 Å². The molecule has 0 aliphatic carbocycles. The van der Waals surface area contributed by atoms with Gasteiger partial charge < -0.3 is 4.90 Å². The first kappa shape index (κ1) is 19.2. The standard InChI is InChI=1S/C17H21F3N2O3S/c1-26(24,25)22-11-3-9-16(22)8-2-10-21(12-16)15(23)13-4-6-14(7-5-13)17(18,19)20/h4-7H,2-3,8-12H2,1H3/t16-/m0/s1.